The van der Waals surface area contributed by atoms with Crippen molar-refractivity contribution in [1.82, 2.24) is 20.5 Å². The molecule has 0 atom stereocenters. The number of carbonyl (C=O) groups excluding carboxylic acids is 1. The Morgan fingerprint density at radius 3 is 2.61 bits per heavy atom. The number of hydrogen-bond acceptors (Lipinski definition) is 5. The first kappa shape index (κ1) is 24.7. The summed E-state index contributed by atoms with van der Waals surface area (Å²) >= 11 is 0. The van der Waals surface area contributed by atoms with E-state index in [1.807, 2.05) is 24.4 Å². The number of anilines is 1. The molecule has 1 fully saturated rings. The Morgan fingerprint density at radius 1 is 1.13 bits per heavy atom. The molecule has 0 radical (unpaired) electrons. The van der Waals surface area contributed by atoms with Crippen molar-refractivity contribution in [3.8, 4) is 5.75 Å². The average molecular weight is 538 g/mol. The first-order valence-corrected chi connectivity index (χ1v) is 10.4. The number of pyridine rings is 1. The standard InChI is InChI=1S/C22H30N6O2.HI/c1-2-23-22(28-15-13-27(14-16-28)20-9-3-4-10-24-20)26-12-6-11-25-21(30)18-7-5-8-19(29)17-18;/h3-5,7-10,17,29H,2,6,11-16H2,1H3,(H,23,26)(H,25,30);1H. The van der Waals surface area contributed by atoms with Crippen LogP contribution in [0.5, 0.6) is 5.75 Å². The lowest BCUT2D eigenvalue weighted by molar-refractivity contribution is 0.0953. The molecule has 0 bridgehead atoms. The molecule has 0 aliphatic carbocycles. The number of aliphatic imine (C=N–C) groups is 1. The molecule has 2 heterocycles. The van der Waals surface area contributed by atoms with Crippen LogP contribution >= 0.6 is 24.0 Å². The second kappa shape index (κ2) is 13.0. The molecule has 9 heteroatoms. The van der Waals surface area contributed by atoms with Crippen LogP contribution in [0.2, 0.25) is 0 Å². The van der Waals surface area contributed by atoms with E-state index in [-0.39, 0.29) is 35.6 Å². The van der Waals surface area contributed by atoms with Gasteiger partial charge in [0.05, 0.1) is 0 Å². The van der Waals surface area contributed by atoms with Gasteiger partial charge in [0.15, 0.2) is 5.96 Å². The Hall–Kier alpha value is -2.56. The van der Waals surface area contributed by atoms with Crippen LogP contribution in [-0.2, 0) is 0 Å². The first-order valence-electron chi connectivity index (χ1n) is 10.4. The smallest absolute Gasteiger partial charge is 0.251 e. The summed E-state index contributed by atoms with van der Waals surface area (Å²) in [6, 6.07) is 12.3. The second-order valence-electron chi connectivity index (χ2n) is 7.06. The van der Waals surface area contributed by atoms with Crippen molar-refractivity contribution in [2.24, 2.45) is 4.99 Å². The van der Waals surface area contributed by atoms with Crippen LogP contribution in [0, 0.1) is 0 Å². The molecule has 2 aromatic rings. The van der Waals surface area contributed by atoms with Gasteiger partial charge in [-0.2, -0.15) is 0 Å². The maximum atomic E-state index is 12.1. The number of carbonyl (C=O) groups is 1. The van der Waals surface area contributed by atoms with Gasteiger partial charge in [0.25, 0.3) is 5.91 Å². The molecule has 1 aliphatic heterocycles. The van der Waals surface area contributed by atoms with Crippen molar-refractivity contribution < 1.29 is 9.90 Å². The zero-order valence-electron chi connectivity index (χ0n) is 17.8. The lowest BCUT2D eigenvalue weighted by Gasteiger charge is -2.37. The van der Waals surface area contributed by atoms with Gasteiger partial charge in [-0.3, -0.25) is 9.79 Å². The fraction of sp³-hybridized carbons (Fsp3) is 0.409. The molecule has 0 unspecified atom stereocenters. The number of benzene rings is 1. The predicted molar refractivity (Wildman–Crippen MR) is 134 cm³/mol. The number of halogens is 1. The van der Waals surface area contributed by atoms with Crippen molar-refractivity contribution in [2.45, 2.75) is 13.3 Å². The van der Waals surface area contributed by atoms with Gasteiger partial charge >= 0.3 is 0 Å². The lowest BCUT2D eigenvalue weighted by Crippen LogP contribution is -2.52. The molecule has 1 saturated heterocycles. The van der Waals surface area contributed by atoms with Gasteiger partial charge in [-0.25, -0.2) is 4.98 Å². The van der Waals surface area contributed by atoms with E-state index >= 15 is 0 Å². The lowest BCUT2D eigenvalue weighted by atomic mass is 10.2. The van der Waals surface area contributed by atoms with Gasteiger partial charge in [-0.1, -0.05) is 12.1 Å². The van der Waals surface area contributed by atoms with Crippen LogP contribution < -0.4 is 15.5 Å². The maximum absolute atomic E-state index is 12.1. The van der Waals surface area contributed by atoms with E-state index in [1.54, 1.807) is 18.2 Å². The fourth-order valence-electron chi connectivity index (χ4n) is 3.33. The normalized spacial score (nSPS) is 14.0. The molecule has 1 aliphatic rings. The number of piperazine rings is 1. The van der Waals surface area contributed by atoms with Crippen molar-refractivity contribution >= 4 is 41.7 Å². The van der Waals surface area contributed by atoms with Crippen LogP contribution in [0.4, 0.5) is 5.82 Å². The van der Waals surface area contributed by atoms with Gasteiger partial charge in [-0.15, -0.1) is 24.0 Å². The van der Waals surface area contributed by atoms with Gasteiger partial charge in [0, 0.05) is 57.6 Å². The zero-order chi connectivity index (χ0) is 21.2. The Labute approximate surface area is 200 Å². The molecule has 1 aromatic heterocycles. The van der Waals surface area contributed by atoms with Crippen molar-refractivity contribution in [3.63, 3.8) is 0 Å². The van der Waals surface area contributed by atoms with E-state index in [2.05, 4.69) is 32.3 Å². The van der Waals surface area contributed by atoms with E-state index in [1.165, 1.54) is 6.07 Å². The summed E-state index contributed by atoms with van der Waals surface area (Å²) in [5.74, 6) is 1.83. The number of hydrogen-bond donors (Lipinski definition) is 3. The van der Waals surface area contributed by atoms with E-state index in [4.69, 9.17) is 4.99 Å². The summed E-state index contributed by atoms with van der Waals surface area (Å²) in [4.78, 5) is 25.8. The van der Waals surface area contributed by atoms with E-state index in [0.717, 1.165) is 50.9 Å². The van der Waals surface area contributed by atoms with Crippen LogP contribution in [0.25, 0.3) is 0 Å². The molecule has 3 N–H and O–H groups in total. The third-order valence-electron chi connectivity index (χ3n) is 4.88. The van der Waals surface area contributed by atoms with Crippen LogP contribution in [0.15, 0.2) is 53.7 Å². The number of nitrogens with one attached hydrogen (secondary N) is 2. The molecule has 168 valence electrons. The van der Waals surface area contributed by atoms with Crippen LogP contribution in [0.3, 0.4) is 0 Å². The number of rotatable bonds is 7. The molecule has 0 spiro atoms. The quantitative estimate of drug-likeness (QED) is 0.217. The summed E-state index contributed by atoms with van der Waals surface area (Å²) in [6.45, 7) is 7.62. The third-order valence-corrected chi connectivity index (χ3v) is 4.88. The Bertz CT molecular complexity index is 841. The summed E-state index contributed by atoms with van der Waals surface area (Å²) in [6.07, 6.45) is 2.57. The molecule has 1 aromatic carbocycles. The van der Waals surface area contributed by atoms with E-state index in [0.29, 0.717) is 18.7 Å². The van der Waals surface area contributed by atoms with Crippen molar-refractivity contribution in [2.75, 3.05) is 50.7 Å². The number of phenols is 1. The van der Waals surface area contributed by atoms with Crippen LogP contribution in [-0.4, -0.2) is 72.7 Å². The number of aromatic nitrogens is 1. The van der Waals surface area contributed by atoms with Crippen molar-refractivity contribution in [3.05, 3.63) is 54.2 Å². The third kappa shape index (κ3) is 7.57. The molecular formula is C22H31IN6O2. The van der Waals surface area contributed by atoms with E-state index < -0.39 is 0 Å². The summed E-state index contributed by atoms with van der Waals surface area (Å²) in [5, 5.41) is 15.7. The van der Waals surface area contributed by atoms with E-state index in [9.17, 15) is 9.90 Å². The molecule has 1 amide bonds. The number of amides is 1. The molecule has 31 heavy (non-hydrogen) atoms. The summed E-state index contributed by atoms with van der Waals surface area (Å²) in [5.41, 5.74) is 0.456. The predicted octanol–water partition coefficient (Wildman–Crippen LogP) is 2.31. The highest BCUT2D eigenvalue weighted by molar-refractivity contribution is 14.0. The van der Waals surface area contributed by atoms with Crippen molar-refractivity contribution in [1.29, 1.82) is 0 Å². The van der Waals surface area contributed by atoms with Gasteiger partial charge in [0.2, 0.25) is 0 Å². The highest BCUT2D eigenvalue weighted by Gasteiger charge is 2.20. The fourth-order valence-corrected chi connectivity index (χ4v) is 3.33. The number of phenolic OH excluding ortho intramolecular Hbond substituents is 1. The monoisotopic (exact) mass is 538 g/mol. The van der Waals surface area contributed by atoms with Gasteiger partial charge in [-0.05, 0) is 43.7 Å². The SMILES string of the molecule is CCNC(=NCCCNC(=O)c1cccc(O)c1)N1CCN(c2ccccn2)CC1.I. The zero-order valence-corrected chi connectivity index (χ0v) is 20.2. The highest BCUT2D eigenvalue weighted by atomic mass is 127. The molecule has 8 nitrogen and oxygen atoms in total. The maximum Gasteiger partial charge on any atom is 0.251 e. The average Bonchev–Trinajstić information content (AvgIpc) is 2.79. The van der Waals surface area contributed by atoms with Crippen LogP contribution in [0.1, 0.15) is 23.7 Å². The largest absolute Gasteiger partial charge is 0.508 e. The van der Waals surface area contributed by atoms with Gasteiger partial charge in [0.1, 0.15) is 11.6 Å². The molecule has 3 rings (SSSR count). The Balaban J connectivity index is 0.00000341. The first-order chi connectivity index (χ1) is 14.7. The summed E-state index contributed by atoms with van der Waals surface area (Å²) in [7, 11) is 0. The molecular weight excluding hydrogens is 507 g/mol. The Morgan fingerprint density at radius 2 is 1.94 bits per heavy atom. The summed E-state index contributed by atoms with van der Waals surface area (Å²) < 4.78 is 0. The number of guanidine groups is 1. The minimum atomic E-state index is -0.188. The number of aromatic hydroxyl groups is 1. The second-order valence-corrected chi connectivity index (χ2v) is 7.06. The topological polar surface area (TPSA) is 93.1 Å². The minimum Gasteiger partial charge on any atom is -0.508 e. The Kier molecular flexibility index (Phi) is 10.3. The molecule has 0 saturated carbocycles. The highest BCUT2D eigenvalue weighted by Crippen LogP contribution is 2.13. The number of nitrogens with zero attached hydrogens (tertiary/aromatic N) is 4. The minimum absolute atomic E-state index is 0. The van der Waals surface area contributed by atoms with Gasteiger partial charge < -0.3 is 25.5 Å².